The van der Waals surface area contributed by atoms with Gasteiger partial charge in [-0.25, -0.2) is 4.39 Å². The van der Waals surface area contributed by atoms with E-state index in [0.717, 1.165) is 45.6 Å². The second-order valence-electron chi connectivity index (χ2n) is 4.99. The van der Waals surface area contributed by atoms with Gasteiger partial charge in [0.1, 0.15) is 5.82 Å². The average molecular weight is 282 g/mol. The third-order valence-corrected chi connectivity index (χ3v) is 3.68. The van der Waals surface area contributed by atoms with Crippen LogP contribution in [0.2, 0.25) is 0 Å². The van der Waals surface area contributed by atoms with Gasteiger partial charge in [-0.15, -0.1) is 0 Å². The van der Waals surface area contributed by atoms with Crippen molar-refractivity contribution >= 4 is 0 Å². The Bertz CT molecular complexity index is 434. The van der Waals surface area contributed by atoms with Crippen LogP contribution in [0.15, 0.2) is 12.1 Å². The van der Waals surface area contributed by atoms with Crippen LogP contribution >= 0.6 is 0 Å². The first-order valence-corrected chi connectivity index (χ1v) is 7.08. The van der Waals surface area contributed by atoms with Crippen LogP contribution in [-0.2, 0) is 6.42 Å². The lowest BCUT2D eigenvalue weighted by Gasteiger charge is -2.27. The molecule has 1 saturated heterocycles. The highest BCUT2D eigenvalue weighted by Crippen LogP contribution is 2.30. The third-order valence-electron chi connectivity index (χ3n) is 3.68. The summed E-state index contributed by atoms with van der Waals surface area (Å²) in [5, 5.41) is 3.33. The Morgan fingerprint density at radius 2 is 1.80 bits per heavy atom. The minimum Gasteiger partial charge on any atom is -0.493 e. The van der Waals surface area contributed by atoms with Crippen molar-refractivity contribution in [2.75, 3.05) is 46.9 Å². The Kier molecular flexibility index (Phi) is 5.61. The smallest absolute Gasteiger partial charge is 0.163 e. The molecule has 1 aliphatic rings. The molecule has 0 aliphatic carbocycles. The second kappa shape index (κ2) is 7.45. The van der Waals surface area contributed by atoms with Gasteiger partial charge in [0.05, 0.1) is 14.2 Å². The van der Waals surface area contributed by atoms with Crippen LogP contribution in [0.3, 0.4) is 0 Å². The number of methoxy groups -OCH3 is 2. The van der Waals surface area contributed by atoms with Gasteiger partial charge in [-0.1, -0.05) is 0 Å². The Hall–Kier alpha value is -1.33. The summed E-state index contributed by atoms with van der Waals surface area (Å²) < 4.78 is 24.3. The van der Waals surface area contributed by atoms with Crippen LogP contribution in [0.1, 0.15) is 12.0 Å². The van der Waals surface area contributed by atoms with Gasteiger partial charge >= 0.3 is 0 Å². The fourth-order valence-corrected chi connectivity index (χ4v) is 2.52. The van der Waals surface area contributed by atoms with Crippen LogP contribution in [-0.4, -0.2) is 51.8 Å². The molecule has 5 heteroatoms. The van der Waals surface area contributed by atoms with Gasteiger partial charge in [0.25, 0.3) is 0 Å². The number of nitrogens with one attached hydrogen (secondary N) is 1. The Labute approximate surface area is 119 Å². The molecule has 0 amide bonds. The molecule has 0 saturated carbocycles. The van der Waals surface area contributed by atoms with Crippen LogP contribution in [0.4, 0.5) is 4.39 Å². The first-order valence-electron chi connectivity index (χ1n) is 7.08. The van der Waals surface area contributed by atoms with Crippen molar-refractivity contribution in [2.45, 2.75) is 12.8 Å². The molecule has 20 heavy (non-hydrogen) atoms. The summed E-state index contributed by atoms with van der Waals surface area (Å²) in [7, 11) is 3.08. The fourth-order valence-electron chi connectivity index (χ4n) is 2.52. The van der Waals surface area contributed by atoms with E-state index >= 15 is 0 Å². The molecule has 1 N–H and O–H groups in total. The maximum absolute atomic E-state index is 14.0. The topological polar surface area (TPSA) is 33.7 Å². The molecule has 1 heterocycles. The summed E-state index contributed by atoms with van der Waals surface area (Å²) in [6, 6.07) is 3.14. The number of ether oxygens (including phenoxy) is 2. The lowest BCUT2D eigenvalue weighted by Crippen LogP contribution is -2.43. The molecule has 0 atom stereocenters. The molecule has 1 aliphatic heterocycles. The summed E-state index contributed by atoms with van der Waals surface area (Å²) in [6.45, 7) is 5.26. The van der Waals surface area contributed by atoms with Gasteiger partial charge in [0, 0.05) is 32.2 Å². The van der Waals surface area contributed by atoms with Crippen LogP contribution < -0.4 is 14.8 Å². The van der Waals surface area contributed by atoms with Crippen molar-refractivity contribution in [3.63, 3.8) is 0 Å². The first-order chi connectivity index (χ1) is 9.74. The predicted octanol–water partition coefficient (Wildman–Crippen LogP) is 1.68. The maximum Gasteiger partial charge on any atom is 0.163 e. The largest absolute Gasteiger partial charge is 0.493 e. The van der Waals surface area contributed by atoms with Crippen molar-refractivity contribution in [3.05, 3.63) is 23.5 Å². The number of hydrogen-bond acceptors (Lipinski definition) is 4. The van der Waals surface area contributed by atoms with Gasteiger partial charge in [-0.3, -0.25) is 0 Å². The quantitative estimate of drug-likeness (QED) is 0.861. The highest BCUT2D eigenvalue weighted by Gasteiger charge is 2.12. The first kappa shape index (κ1) is 15.1. The molecule has 4 nitrogen and oxygen atoms in total. The van der Waals surface area contributed by atoms with E-state index in [9.17, 15) is 4.39 Å². The average Bonchev–Trinajstić information content (AvgIpc) is 2.49. The molecular weight excluding hydrogens is 259 g/mol. The molecule has 0 spiro atoms. The van der Waals surface area contributed by atoms with Gasteiger partial charge in [-0.05, 0) is 31.0 Å². The minimum atomic E-state index is -0.219. The Morgan fingerprint density at radius 1 is 1.15 bits per heavy atom. The molecule has 0 bridgehead atoms. The summed E-state index contributed by atoms with van der Waals surface area (Å²) in [5.41, 5.74) is 0.692. The number of aryl methyl sites for hydroxylation is 1. The van der Waals surface area contributed by atoms with Crippen molar-refractivity contribution < 1.29 is 13.9 Å². The zero-order valence-corrected chi connectivity index (χ0v) is 12.2. The van der Waals surface area contributed by atoms with E-state index in [4.69, 9.17) is 9.47 Å². The molecule has 2 rings (SSSR count). The van der Waals surface area contributed by atoms with E-state index < -0.39 is 0 Å². The van der Waals surface area contributed by atoms with Crippen molar-refractivity contribution in [2.24, 2.45) is 0 Å². The number of rotatable bonds is 6. The predicted molar refractivity (Wildman–Crippen MR) is 77.1 cm³/mol. The summed E-state index contributed by atoms with van der Waals surface area (Å²) in [4.78, 5) is 2.41. The van der Waals surface area contributed by atoms with E-state index in [1.165, 1.54) is 13.2 Å². The number of nitrogens with zero attached hydrogens (tertiary/aromatic N) is 1. The van der Waals surface area contributed by atoms with Gasteiger partial charge in [0.15, 0.2) is 11.5 Å². The van der Waals surface area contributed by atoms with E-state index in [0.29, 0.717) is 17.1 Å². The van der Waals surface area contributed by atoms with Crippen LogP contribution in [0.25, 0.3) is 0 Å². The van der Waals surface area contributed by atoms with E-state index in [1.807, 2.05) is 0 Å². The van der Waals surface area contributed by atoms with Crippen LogP contribution in [0.5, 0.6) is 11.5 Å². The number of piperazine rings is 1. The molecule has 112 valence electrons. The zero-order chi connectivity index (χ0) is 14.4. The number of benzene rings is 1. The Morgan fingerprint density at radius 3 is 2.45 bits per heavy atom. The normalized spacial score (nSPS) is 16.1. The molecule has 1 aromatic carbocycles. The van der Waals surface area contributed by atoms with Crippen molar-refractivity contribution in [3.8, 4) is 11.5 Å². The molecule has 0 unspecified atom stereocenters. The SMILES string of the molecule is COc1cc(F)c(CCCN2CCNCC2)cc1OC. The summed E-state index contributed by atoms with van der Waals surface area (Å²) in [6.07, 6.45) is 1.67. The molecular formula is C15H23FN2O2. The van der Waals surface area contributed by atoms with Gasteiger partial charge in [-0.2, -0.15) is 0 Å². The summed E-state index contributed by atoms with van der Waals surface area (Å²) >= 11 is 0. The third kappa shape index (κ3) is 3.84. The zero-order valence-electron chi connectivity index (χ0n) is 12.2. The molecule has 0 radical (unpaired) electrons. The lowest BCUT2D eigenvalue weighted by atomic mass is 10.1. The van der Waals surface area contributed by atoms with Gasteiger partial charge < -0.3 is 19.7 Å². The van der Waals surface area contributed by atoms with Gasteiger partial charge in [0.2, 0.25) is 0 Å². The van der Waals surface area contributed by atoms with Crippen molar-refractivity contribution in [1.29, 1.82) is 0 Å². The standard InChI is InChI=1S/C15H23FN2O2/c1-19-14-10-12(13(16)11-15(14)20-2)4-3-7-18-8-5-17-6-9-18/h10-11,17H,3-9H2,1-2H3. The Balaban J connectivity index is 1.91. The fraction of sp³-hybridized carbons (Fsp3) is 0.600. The highest BCUT2D eigenvalue weighted by atomic mass is 19.1. The number of halogens is 1. The summed E-state index contributed by atoms with van der Waals surface area (Å²) in [5.74, 6) is 0.810. The molecule has 1 aromatic rings. The van der Waals surface area contributed by atoms with E-state index in [2.05, 4.69) is 10.2 Å². The van der Waals surface area contributed by atoms with E-state index in [-0.39, 0.29) is 5.82 Å². The lowest BCUT2D eigenvalue weighted by molar-refractivity contribution is 0.238. The minimum absolute atomic E-state index is 0.219. The van der Waals surface area contributed by atoms with Crippen molar-refractivity contribution in [1.82, 2.24) is 10.2 Å². The number of hydrogen-bond donors (Lipinski definition) is 1. The maximum atomic E-state index is 14.0. The molecule has 0 aromatic heterocycles. The monoisotopic (exact) mass is 282 g/mol. The van der Waals surface area contributed by atoms with E-state index in [1.54, 1.807) is 13.2 Å². The highest BCUT2D eigenvalue weighted by molar-refractivity contribution is 5.43. The van der Waals surface area contributed by atoms with Crippen LogP contribution in [0, 0.1) is 5.82 Å². The molecule has 1 fully saturated rings. The second-order valence-corrected chi connectivity index (χ2v) is 4.99.